The highest BCUT2D eigenvalue weighted by molar-refractivity contribution is 5.98. The number of carbonyl (C=O) groups is 1. The van der Waals surface area contributed by atoms with Crippen LogP contribution in [-0.4, -0.2) is 10.8 Å². The first-order chi connectivity index (χ1) is 10.2. The third-order valence-corrected chi connectivity index (χ3v) is 3.64. The molecule has 0 saturated heterocycles. The van der Waals surface area contributed by atoms with E-state index in [0.717, 1.165) is 11.3 Å². The van der Waals surface area contributed by atoms with Crippen LogP contribution in [0, 0.1) is 5.92 Å². The summed E-state index contributed by atoms with van der Waals surface area (Å²) in [5.41, 5.74) is 2.66. The SMILES string of the molecule is CC(C)C(=O)c1ccc(-c2cccc3ccccc23)nc1. The van der Waals surface area contributed by atoms with Crippen LogP contribution in [0.1, 0.15) is 24.2 Å². The molecule has 0 aliphatic carbocycles. The lowest BCUT2D eigenvalue weighted by molar-refractivity contribution is 0.0939. The summed E-state index contributed by atoms with van der Waals surface area (Å²) >= 11 is 0. The van der Waals surface area contributed by atoms with E-state index < -0.39 is 0 Å². The lowest BCUT2D eigenvalue weighted by atomic mass is 9.99. The summed E-state index contributed by atoms with van der Waals surface area (Å²) in [6, 6.07) is 18.2. The molecule has 0 atom stereocenters. The van der Waals surface area contributed by atoms with E-state index >= 15 is 0 Å². The monoisotopic (exact) mass is 275 g/mol. The van der Waals surface area contributed by atoms with E-state index in [1.54, 1.807) is 6.20 Å². The fraction of sp³-hybridized carbons (Fsp3) is 0.158. The summed E-state index contributed by atoms with van der Waals surface area (Å²) in [5, 5.41) is 2.37. The maximum absolute atomic E-state index is 12.0. The molecule has 0 saturated carbocycles. The quantitative estimate of drug-likeness (QED) is 0.646. The van der Waals surface area contributed by atoms with Gasteiger partial charge in [0.05, 0.1) is 5.69 Å². The largest absolute Gasteiger partial charge is 0.294 e. The fourth-order valence-corrected chi connectivity index (χ4v) is 2.48. The minimum atomic E-state index is -0.00444. The van der Waals surface area contributed by atoms with Crippen LogP contribution in [0.3, 0.4) is 0 Å². The van der Waals surface area contributed by atoms with Crippen LogP contribution in [0.15, 0.2) is 60.8 Å². The van der Waals surface area contributed by atoms with Crippen LogP contribution in [0.5, 0.6) is 0 Å². The second kappa shape index (κ2) is 5.49. The molecular weight excluding hydrogens is 258 g/mol. The molecule has 2 nitrogen and oxygen atoms in total. The Morgan fingerprint density at radius 1 is 0.952 bits per heavy atom. The van der Waals surface area contributed by atoms with Crippen LogP contribution in [0.25, 0.3) is 22.0 Å². The number of rotatable bonds is 3. The van der Waals surface area contributed by atoms with Crippen LogP contribution in [0.4, 0.5) is 0 Å². The Morgan fingerprint density at radius 3 is 2.43 bits per heavy atom. The van der Waals surface area contributed by atoms with Crippen molar-refractivity contribution in [2.75, 3.05) is 0 Å². The number of hydrogen-bond donors (Lipinski definition) is 0. The minimum Gasteiger partial charge on any atom is -0.294 e. The van der Waals surface area contributed by atoms with Gasteiger partial charge < -0.3 is 0 Å². The van der Waals surface area contributed by atoms with Crippen LogP contribution >= 0.6 is 0 Å². The van der Waals surface area contributed by atoms with Gasteiger partial charge in [-0.3, -0.25) is 9.78 Å². The van der Waals surface area contributed by atoms with E-state index in [9.17, 15) is 4.79 Å². The number of ketones is 1. The van der Waals surface area contributed by atoms with Crippen molar-refractivity contribution in [1.29, 1.82) is 0 Å². The molecule has 2 aromatic carbocycles. The van der Waals surface area contributed by atoms with E-state index in [1.165, 1.54) is 10.8 Å². The molecule has 3 aromatic rings. The fourth-order valence-electron chi connectivity index (χ4n) is 2.48. The zero-order chi connectivity index (χ0) is 14.8. The summed E-state index contributed by atoms with van der Waals surface area (Å²) in [6.07, 6.45) is 1.68. The molecule has 21 heavy (non-hydrogen) atoms. The number of benzene rings is 2. The van der Waals surface area contributed by atoms with Crippen molar-refractivity contribution < 1.29 is 4.79 Å². The van der Waals surface area contributed by atoms with E-state index in [0.29, 0.717) is 5.56 Å². The molecule has 0 aliphatic rings. The van der Waals surface area contributed by atoms with Gasteiger partial charge in [-0.25, -0.2) is 0 Å². The molecule has 3 rings (SSSR count). The summed E-state index contributed by atoms with van der Waals surface area (Å²) in [7, 11) is 0. The average molecular weight is 275 g/mol. The lowest BCUT2D eigenvalue weighted by Crippen LogP contribution is -2.07. The standard InChI is InChI=1S/C19H17NO/c1-13(2)19(21)15-10-11-18(20-12-15)17-9-5-7-14-6-3-4-8-16(14)17/h3-13H,1-2H3. The zero-order valence-electron chi connectivity index (χ0n) is 12.2. The maximum atomic E-state index is 12.0. The summed E-state index contributed by atoms with van der Waals surface area (Å²) in [5.74, 6) is 0.127. The predicted molar refractivity (Wildman–Crippen MR) is 86.3 cm³/mol. The van der Waals surface area contributed by atoms with Crippen molar-refractivity contribution in [1.82, 2.24) is 4.98 Å². The van der Waals surface area contributed by atoms with Gasteiger partial charge in [0.1, 0.15) is 0 Å². The van der Waals surface area contributed by atoms with Crippen LogP contribution < -0.4 is 0 Å². The van der Waals surface area contributed by atoms with Crippen molar-refractivity contribution in [2.45, 2.75) is 13.8 Å². The van der Waals surface area contributed by atoms with Crippen LogP contribution in [0.2, 0.25) is 0 Å². The Bertz CT molecular complexity index is 783. The topological polar surface area (TPSA) is 30.0 Å². The molecule has 0 aliphatic heterocycles. The van der Waals surface area contributed by atoms with E-state index in [1.807, 2.05) is 44.2 Å². The van der Waals surface area contributed by atoms with Gasteiger partial charge in [0.2, 0.25) is 0 Å². The highest BCUT2D eigenvalue weighted by atomic mass is 16.1. The highest BCUT2D eigenvalue weighted by Gasteiger charge is 2.11. The first-order valence-electron chi connectivity index (χ1n) is 7.15. The molecule has 1 aromatic heterocycles. The van der Waals surface area contributed by atoms with E-state index in [2.05, 4.69) is 29.2 Å². The van der Waals surface area contributed by atoms with Gasteiger partial charge in [0, 0.05) is 23.2 Å². The Morgan fingerprint density at radius 2 is 1.71 bits per heavy atom. The van der Waals surface area contributed by atoms with Gasteiger partial charge in [-0.15, -0.1) is 0 Å². The summed E-state index contributed by atoms with van der Waals surface area (Å²) in [6.45, 7) is 3.81. The Balaban J connectivity index is 2.06. The molecule has 0 radical (unpaired) electrons. The first-order valence-corrected chi connectivity index (χ1v) is 7.15. The van der Waals surface area contributed by atoms with E-state index in [-0.39, 0.29) is 11.7 Å². The van der Waals surface area contributed by atoms with Crippen molar-refractivity contribution in [3.05, 3.63) is 66.4 Å². The second-order valence-corrected chi connectivity index (χ2v) is 5.48. The van der Waals surface area contributed by atoms with Crippen molar-refractivity contribution in [2.24, 2.45) is 5.92 Å². The van der Waals surface area contributed by atoms with Gasteiger partial charge in [-0.1, -0.05) is 56.3 Å². The Hall–Kier alpha value is -2.48. The number of fused-ring (bicyclic) bond motifs is 1. The molecule has 0 bridgehead atoms. The number of aromatic nitrogens is 1. The summed E-state index contributed by atoms with van der Waals surface area (Å²) in [4.78, 5) is 16.4. The number of pyridine rings is 1. The van der Waals surface area contributed by atoms with Crippen molar-refractivity contribution in [3.63, 3.8) is 0 Å². The number of carbonyl (C=O) groups excluding carboxylic acids is 1. The average Bonchev–Trinajstić information content (AvgIpc) is 2.53. The van der Waals surface area contributed by atoms with Crippen molar-refractivity contribution in [3.8, 4) is 11.3 Å². The third-order valence-electron chi connectivity index (χ3n) is 3.64. The molecule has 0 N–H and O–H groups in total. The van der Waals surface area contributed by atoms with Crippen LogP contribution in [-0.2, 0) is 0 Å². The molecule has 0 unspecified atom stereocenters. The van der Waals surface area contributed by atoms with Gasteiger partial charge in [0.15, 0.2) is 5.78 Å². The first kappa shape index (κ1) is 13.5. The summed E-state index contributed by atoms with van der Waals surface area (Å²) < 4.78 is 0. The molecule has 0 fully saturated rings. The van der Waals surface area contributed by atoms with Gasteiger partial charge in [-0.2, -0.15) is 0 Å². The van der Waals surface area contributed by atoms with Gasteiger partial charge in [-0.05, 0) is 22.9 Å². The molecular formula is C19H17NO. The number of hydrogen-bond acceptors (Lipinski definition) is 2. The lowest BCUT2D eigenvalue weighted by Gasteiger charge is -2.08. The molecule has 2 heteroatoms. The maximum Gasteiger partial charge on any atom is 0.166 e. The van der Waals surface area contributed by atoms with Gasteiger partial charge in [0.25, 0.3) is 0 Å². The molecule has 104 valence electrons. The number of Topliss-reactive ketones (excluding diaryl/α,β-unsaturated/α-hetero) is 1. The van der Waals surface area contributed by atoms with Gasteiger partial charge >= 0.3 is 0 Å². The molecule has 1 heterocycles. The predicted octanol–water partition coefficient (Wildman–Crippen LogP) is 4.74. The minimum absolute atomic E-state index is 0.00444. The third kappa shape index (κ3) is 2.57. The zero-order valence-corrected chi connectivity index (χ0v) is 12.2. The second-order valence-electron chi connectivity index (χ2n) is 5.48. The number of nitrogens with zero attached hydrogens (tertiary/aromatic N) is 1. The van der Waals surface area contributed by atoms with E-state index in [4.69, 9.17) is 0 Å². The molecule has 0 amide bonds. The Labute approximate surface area is 124 Å². The normalized spacial score (nSPS) is 11.0. The van der Waals surface area contributed by atoms with Crippen molar-refractivity contribution >= 4 is 16.6 Å². The Kier molecular flexibility index (Phi) is 3.53. The molecule has 0 spiro atoms. The highest BCUT2D eigenvalue weighted by Crippen LogP contribution is 2.27. The smallest absolute Gasteiger partial charge is 0.166 e.